The third kappa shape index (κ3) is 5.92. The van der Waals surface area contributed by atoms with Crippen LogP contribution in [-0.4, -0.2) is 44.0 Å². The van der Waals surface area contributed by atoms with E-state index in [2.05, 4.69) is 0 Å². The first-order valence-corrected chi connectivity index (χ1v) is 8.97. The molecule has 0 unspecified atom stereocenters. The van der Waals surface area contributed by atoms with E-state index in [-0.39, 0.29) is 37.0 Å². The molecule has 1 aliphatic rings. The first-order valence-electron chi connectivity index (χ1n) is 8.97. The van der Waals surface area contributed by atoms with Crippen molar-refractivity contribution in [2.45, 2.75) is 45.4 Å². The summed E-state index contributed by atoms with van der Waals surface area (Å²) in [4.78, 5) is 12.0. The van der Waals surface area contributed by atoms with Crippen molar-refractivity contribution in [1.29, 1.82) is 0 Å². The second kappa shape index (κ2) is 9.52. The van der Waals surface area contributed by atoms with Gasteiger partial charge in [0.25, 0.3) is 0 Å². The Morgan fingerprint density at radius 2 is 1.85 bits per heavy atom. The predicted molar refractivity (Wildman–Crippen MR) is 92.4 cm³/mol. The summed E-state index contributed by atoms with van der Waals surface area (Å²) in [5.74, 6) is -4.76. The molecule has 1 heterocycles. The fraction of sp³-hybridized carbons (Fsp3) is 0.632. The zero-order valence-electron chi connectivity index (χ0n) is 15.7. The van der Waals surface area contributed by atoms with Gasteiger partial charge in [0.05, 0.1) is 19.3 Å². The highest BCUT2D eigenvalue weighted by atomic mass is 19.2. The lowest BCUT2D eigenvalue weighted by atomic mass is 9.91. The molecule has 1 saturated heterocycles. The first-order chi connectivity index (χ1) is 12.7. The van der Waals surface area contributed by atoms with Gasteiger partial charge in [-0.25, -0.2) is 13.2 Å². The Hall–Kier alpha value is -1.64. The van der Waals surface area contributed by atoms with Crippen molar-refractivity contribution in [2.24, 2.45) is 17.6 Å². The molecular weight excluding hydrogens is 363 g/mol. The van der Waals surface area contributed by atoms with Crippen LogP contribution in [-0.2, 0) is 25.4 Å². The van der Waals surface area contributed by atoms with E-state index < -0.39 is 41.7 Å². The average molecular weight is 389 g/mol. The van der Waals surface area contributed by atoms with Crippen LogP contribution in [0, 0.1) is 29.3 Å². The Morgan fingerprint density at radius 3 is 2.44 bits per heavy atom. The summed E-state index contributed by atoms with van der Waals surface area (Å²) < 4.78 is 57.2. The third-order valence-electron chi connectivity index (χ3n) is 4.32. The summed E-state index contributed by atoms with van der Waals surface area (Å²) >= 11 is 0. The molecule has 0 radical (unpaired) electrons. The molecule has 0 bridgehead atoms. The zero-order chi connectivity index (χ0) is 20.1. The number of esters is 1. The summed E-state index contributed by atoms with van der Waals surface area (Å²) in [6.45, 7) is 6.14. The molecular formula is C19H26F3NO4. The van der Waals surface area contributed by atoms with Gasteiger partial charge in [-0.2, -0.15) is 0 Å². The zero-order valence-corrected chi connectivity index (χ0v) is 15.7. The smallest absolute Gasteiger partial charge is 0.325 e. The molecule has 152 valence electrons. The lowest BCUT2D eigenvalue weighted by Crippen LogP contribution is -2.42. The van der Waals surface area contributed by atoms with Crippen LogP contribution in [0.4, 0.5) is 13.2 Å². The highest BCUT2D eigenvalue weighted by Crippen LogP contribution is 2.24. The minimum absolute atomic E-state index is 0.0366. The maximum absolute atomic E-state index is 13.6. The summed E-state index contributed by atoms with van der Waals surface area (Å²) in [5, 5.41) is 0. The first kappa shape index (κ1) is 21.7. The van der Waals surface area contributed by atoms with E-state index in [1.807, 2.05) is 13.8 Å². The van der Waals surface area contributed by atoms with Crippen molar-refractivity contribution in [1.82, 2.24) is 0 Å². The molecule has 5 nitrogen and oxygen atoms in total. The summed E-state index contributed by atoms with van der Waals surface area (Å²) in [7, 11) is 0. The van der Waals surface area contributed by atoms with Crippen LogP contribution in [0.15, 0.2) is 12.1 Å². The van der Waals surface area contributed by atoms with Gasteiger partial charge >= 0.3 is 5.97 Å². The number of nitrogens with two attached hydrogens (primary N) is 1. The van der Waals surface area contributed by atoms with Crippen LogP contribution >= 0.6 is 0 Å². The van der Waals surface area contributed by atoms with Gasteiger partial charge in [-0.15, -0.1) is 0 Å². The van der Waals surface area contributed by atoms with Gasteiger partial charge in [-0.05, 0) is 37.0 Å². The number of rotatable bonds is 5. The Morgan fingerprint density at radius 1 is 1.22 bits per heavy atom. The van der Waals surface area contributed by atoms with Crippen molar-refractivity contribution >= 4 is 5.97 Å². The van der Waals surface area contributed by atoms with E-state index in [4.69, 9.17) is 19.9 Å². The SMILES string of the molecule is CC(C)CO[C@@H]1[C@@H](Cc2cc(F)c(F)c(F)c2)COC[C@H](N)C(=O)O[C@H]1C. The number of carbonyl (C=O) groups excluding carboxylic acids is 1. The van der Waals surface area contributed by atoms with Gasteiger partial charge in [0, 0.05) is 12.5 Å². The molecule has 0 aliphatic carbocycles. The van der Waals surface area contributed by atoms with E-state index in [9.17, 15) is 18.0 Å². The highest BCUT2D eigenvalue weighted by Gasteiger charge is 2.34. The van der Waals surface area contributed by atoms with Gasteiger partial charge in [-0.1, -0.05) is 13.8 Å². The molecule has 0 saturated carbocycles. The maximum atomic E-state index is 13.6. The van der Waals surface area contributed by atoms with E-state index in [1.165, 1.54) is 0 Å². The molecule has 1 fully saturated rings. The predicted octanol–water partition coefficient (Wildman–Crippen LogP) is 2.59. The van der Waals surface area contributed by atoms with E-state index in [0.717, 1.165) is 12.1 Å². The van der Waals surface area contributed by atoms with Gasteiger partial charge in [0.2, 0.25) is 0 Å². The van der Waals surface area contributed by atoms with E-state index in [0.29, 0.717) is 6.61 Å². The second-order valence-corrected chi connectivity index (χ2v) is 7.32. The van der Waals surface area contributed by atoms with Crippen LogP contribution in [0.2, 0.25) is 0 Å². The lowest BCUT2D eigenvalue weighted by Gasteiger charge is -2.31. The topological polar surface area (TPSA) is 70.8 Å². The standard InChI is InChI=1S/C19H26F3NO4/c1-10(2)7-26-18-11(3)27-19(24)16(23)9-25-8-13(18)4-12-5-14(20)17(22)15(21)6-12/h5-6,10-11,13,16,18H,4,7-9,23H2,1-3H3/t11-,13-,16-,18-/m0/s1. The Kier molecular flexibility index (Phi) is 7.64. The van der Waals surface area contributed by atoms with E-state index >= 15 is 0 Å². The molecule has 4 atom stereocenters. The summed E-state index contributed by atoms with van der Waals surface area (Å²) in [6.07, 6.45) is -1.05. The summed E-state index contributed by atoms with van der Waals surface area (Å²) in [6, 6.07) is 0.984. The van der Waals surface area contributed by atoms with Crippen LogP contribution in [0.5, 0.6) is 0 Å². The lowest BCUT2D eigenvalue weighted by molar-refractivity contribution is -0.160. The van der Waals surface area contributed by atoms with Crippen molar-refractivity contribution < 1.29 is 32.2 Å². The third-order valence-corrected chi connectivity index (χ3v) is 4.32. The molecule has 27 heavy (non-hydrogen) atoms. The largest absolute Gasteiger partial charge is 0.459 e. The molecule has 0 spiro atoms. The van der Waals surface area contributed by atoms with Crippen LogP contribution < -0.4 is 5.73 Å². The molecule has 1 aromatic rings. The van der Waals surface area contributed by atoms with Gasteiger partial charge in [0.15, 0.2) is 17.5 Å². The van der Waals surface area contributed by atoms with Crippen molar-refractivity contribution in [2.75, 3.05) is 19.8 Å². The van der Waals surface area contributed by atoms with Gasteiger partial charge < -0.3 is 19.9 Å². The molecule has 2 N–H and O–H groups in total. The Bertz CT molecular complexity index is 633. The molecule has 0 aromatic heterocycles. The van der Waals surface area contributed by atoms with Crippen molar-refractivity contribution in [3.8, 4) is 0 Å². The Labute approximate surface area is 157 Å². The molecule has 2 rings (SSSR count). The number of ether oxygens (including phenoxy) is 3. The van der Waals surface area contributed by atoms with Crippen molar-refractivity contribution in [3.05, 3.63) is 35.1 Å². The Balaban J connectivity index is 2.27. The minimum atomic E-state index is -1.51. The van der Waals surface area contributed by atoms with Crippen molar-refractivity contribution in [3.63, 3.8) is 0 Å². The van der Waals surface area contributed by atoms with Gasteiger partial charge in [-0.3, -0.25) is 4.79 Å². The van der Waals surface area contributed by atoms with Crippen LogP contribution in [0.1, 0.15) is 26.3 Å². The number of cyclic esters (lactones) is 1. The minimum Gasteiger partial charge on any atom is -0.459 e. The van der Waals surface area contributed by atoms with E-state index in [1.54, 1.807) is 6.92 Å². The average Bonchev–Trinajstić information content (AvgIpc) is 2.62. The molecule has 1 aliphatic heterocycles. The quantitative estimate of drug-likeness (QED) is 0.619. The monoisotopic (exact) mass is 389 g/mol. The second-order valence-electron chi connectivity index (χ2n) is 7.32. The molecule has 8 heteroatoms. The fourth-order valence-electron chi connectivity index (χ4n) is 3.01. The normalized spacial score (nSPS) is 27.0. The number of halogens is 3. The molecule has 0 amide bonds. The van der Waals surface area contributed by atoms with Gasteiger partial charge in [0.1, 0.15) is 12.1 Å². The van der Waals surface area contributed by atoms with Crippen LogP contribution in [0.25, 0.3) is 0 Å². The number of hydrogen-bond donors (Lipinski definition) is 1. The number of carbonyl (C=O) groups is 1. The summed E-state index contributed by atoms with van der Waals surface area (Å²) in [5.41, 5.74) is 5.98. The maximum Gasteiger partial charge on any atom is 0.325 e. The molecule has 1 aromatic carbocycles. The highest BCUT2D eigenvalue weighted by molar-refractivity contribution is 5.75. The number of benzene rings is 1. The fourth-order valence-corrected chi connectivity index (χ4v) is 3.01. The van der Waals surface area contributed by atoms with Crippen LogP contribution in [0.3, 0.4) is 0 Å². The number of hydrogen-bond acceptors (Lipinski definition) is 5.